The molecule has 0 aromatic carbocycles. The number of Topliss-reactive ketones (excluding diaryl/α,β-unsaturated/α-hetero) is 1. The van der Waals surface area contributed by atoms with Crippen LogP contribution in [-0.2, 0) is 19.1 Å². The first-order chi connectivity index (χ1) is 8.34. The zero-order valence-corrected chi connectivity index (χ0v) is 12.0. The summed E-state index contributed by atoms with van der Waals surface area (Å²) >= 11 is 0. The number of aldehydes is 1. The fourth-order valence-electron chi connectivity index (χ4n) is 1.08. The summed E-state index contributed by atoms with van der Waals surface area (Å²) in [5.41, 5.74) is 1.36. The number of carbonyl (C=O) groups is 3. The van der Waals surface area contributed by atoms with E-state index < -0.39 is 11.8 Å². The van der Waals surface area contributed by atoms with Crippen molar-refractivity contribution in [1.82, 2.24) is 0 Å². The van der Waals surface area contributed by atoms with Crippen LogP contribution < -0.4 is 0 Å². The summed E-state index contributed by atoms with van der Waals surface area (Å²) < 4.78 is 4.02. The Bertz CT molecular complexity index is 288. The summed E-state index contributed by atoms with van der Waals surface area (Å²) in [5, 5.41) is 0. The van der Waals surface area contributed by atoms with E-state index in [0.29, 0.717) is 12.3 Å². The van der Waals surface area contributed by atoms with Gasteiger partial charge in [-0.05, 0) is 32.6 Å². The number of methoxy groups -OCH3 is 1. The predicted octanol–water partition coefficient (Wildman–Crippen LogP) is 2.71. The summed E-state index contributed by atoms with van der Waals surface area (Å²) in [4.78, 5) is 29.9. The molecule has 104 valence electrons. The van der Waals surface area contributed by atoms with Crippen molar-refractivity contribution in [2.75, 3.05) is 7.11 Å². The van der Waals surface area contributed by atoms with E-state index in [1.165, 1.54) is 12.7 Å². The van der Waals surface area contributed by atoms with Crippen LogP contribution in [0.2, 0.25) is 0 Å². The van der Waals surface area contributed by atoms with Gasteiger partial charge in [0.15, 0.2) is 0 Å². The van der Waals surface area contributed by atoms with Crippen molar-refractivity contribution in [3.05, 3.63) is 11.6 Å². The Morgan fingerprint density at radius 2 is 1.78 bits per heavy atom. The van der Waals surface area contributed by atoms with Gasteiger partial charge in [-0.1, -0.05) is 18.6 Å². The molecule has 0 spiro atoms. The smallest absolute Gasteiger partial charge is 0.374 e. The minimum atomic E-state index is -0.792. The van der Waals surface area contributed by atoms with Crippen molar-refractivity contribution in [1.29, 1.82) is 0 Å². The van der Waals surface area contributed by atoms with E-state index in [-0.39, 0.29) is 0 Å². The normalized spacial score (nSPS) is 10.5. The van der Waals surface area contributed by atoms with E-state index in [1.54, 1.807) is 0 Å². The highest BCUT2D eigenvalue weighted by Crippen LogP contribution is 2.09. The molecule has 0 N–H and O–H groups in total. The summed E-state index contributed by atoms with van der Waals surface area (Å²) in [6, 6.07) is 0. The number of hydrogen-bond acceptors (Lipinski definition) is 4. The van der Waals surface area contributed by atoms with Crippen LogP contribution in [0.3, 0.4) is 0 Å². The molecule has 4 nitrogen and oxygen atoms in total. The van der Waals surface area contributed by atoms with Crippen molar-refractivity contribution < 1.29 is 19.1 Å². The SMILES string of the molecule is CC(C)=CCCC(C)CC=O.COC(=O)C(C)=O. The number of rotatable bonds is 6. The van der Waals surface area contributed by atoms with Gasteiger partial charge in [0, 0.05) is 13.3 Å². The number of hydrogen-bond donors (Lipinski definition) is 0. The fraction of sp³-hybridized carbons (Fsp3) is 0.643. The second-order valence-electron chi connectivity index (χ2n) is 4.41. The first-order valence-electron chi connectivity index (χ1n) is 6.01. The molecule has 0 saturated carbocycles. The third-order valence-corrected chi connectivity index (χ3v) is 2.18. The van der Waals surface area contributed by atoms with Gasteiger partial charge in [0.2, 0.25) is 5.78 Å². The maximum absolute atomic E-state index is 10.1. The lowest BCUT2D eigenvalue weighted by Gasteiger charge is -2.03. The molecule has 0 aliphatic carbocycles. The molecule has 0 aromatic heterocycles. The molecule has 0 aliphatic heterocycles. The van der Waals surface area contributed by atoms with Gasteiger partial charge in [-0.3, -0.25) is 4.79 Å². The molecule has 0 rings (SSSR count). The molecule has 0 heterocycles. The maximum atomic E-state index is 10.1. The van der Waals surface area contributed by atoms with Crippen LogP contribution in [0, 0.1) is 5.92 Å². The van der Waals surface area contributed by atoms with E-state index in [2.05, 4.69) is 31.6 Å². The second kappa shape index (κ2) is 12.0. The molecule has 0 radical (unpaired) electrons. The minimum Gasteiger partial charge on any atom is -0.463 e. The summed E-state index contributed by atoms with van der Waals surface area (Å²) in [5.74, 6) is -0.814. The van der Waals surface area contributed by atoms with Gasteiger partial charge in [-0.2, -0.15) is 0 Å². The van der Waals surface area contributed by atoms with Crippen molar-refractivity contribution in [2.24, 2.45) is 5.92 Å². The van der Waals surface area contributed by atoms with Crippen molar-refractivity contribution in [3.63, 3.8) is 0 Å². The average Bonchev–Trinajstić information content (AvgIpc) is 2.28. The maximum Gasteiger partial charge on any atom is 0.374 e. The van der Waals surface area contributed by atoms with Crippen LogP contribution in [0.25, 0.3) is 0 Å². The van der Waals surface area contributed by atoms with Crippen LogP contribution in [0.4, 0.5) is 0 Å². The topological polar surface area (TPSA) is 60.4 Å². The molecule has 4 heteroatoms. The number of ether oxygens (including phenoxy) is 1. The van der Waals surface area contributed by atoms with Crippen molar-refractivity contribution in [3.8, 4) is 0 Å². The van der Waals surface area contributed by atoms with Crippen molar-refractivity contribution >= 4 is 18.0 Å². The standard InChI is InChI=1S/C10H18O.C4H6O3/c1-9(2)5-4-6-10(3)7-8-11;1-3(5)4(6)7-2/h5,8,10H,4,6-7H2,1-3H3;1-2H3. The van der Waals surface area contributed by atoms with Gasteiger partial charge in [0.1, 0.15) is 6.29 Å². The Morgan fingerprint density at radius 1 is 1.22 bits per heavy atom. The third kappa shape index (κ3) is 14.6. The zero-order valence-electron chi connectivity index (χ0n) is 12.0. The number of carbonyl (C=O) groups excluding carboxylic acids is 3. The van der Waals surface area contributed by atoms with Gasteiger partial charge >= 0.3 is 5.97 Å². The molecule has 0 amide bonds. The molecular weight excluding hydrogens is 232 g/mol. The summed E-state index contributed by atoms with van der Waals surface area (Å²) in [6.07, 6.45) is 6.17. The van der Waals surface area contributed by atoms with E-state index in [0.717, 1.165) is 26.1 Å². The van der Waals surface area contributed by atoms with E-state index in [4.69, 9.17) is 0 Å². The Kier molecular flexibility index (Phi) is 12.6. The lowest BCUT2D eigenvalue weighted by Crippen LogP contribution is -2.10. The van der Waals surface area contributed by atoms with E-state index >= 15 is 0 Å². The number of esters is 1. The number of allylic oxidation sites excluding steroid dienone is 2. The van der Waals surface area contributed by atoms with E-state index in [1.807, 2.05) is 0 Å². The molecule has 0 bridgehead atoms. The largest absolute Gasteiger partial charge is 0.463 e. The van der Waals surface area contributed by atoms with E-state index in [9.17, 15) is 14.4 Å². The molecular formula is C14H24O4. The van der Waals surface area contributed by atoms with Gasteiger partial charge in [-0.15, -0.1) is 0 Å². The molecule has 1 unspecified atom stereocenters. The first-order valence-corrected chi connectivity index (χ1v) is 6.01. The lowest BCUT2D eigenvalue weighted by atomic mass is 10.0. The molecule has 0 saturated heterocycles. The van der Waals surface area contributed by atoms with Crippen LogP contribution in [0.1, 0.15) is 47.0 Å². The lowest BCUT2D eigenvalue weighted by molar-refractivity contribution is -0.150. The summed E-state index contributed by atoms with van der Waals surface area (Å²) in [7, 11) is 1.17. The predicted molar refractivity (Wildman–Crippen MR) is 71.2 cm³/mol. The van der Waals surface area contributed by atoms with Crippen LogP contribution in [-0.4, -0.2) is 25.1 Å². The molecule has 1 atom stereocenters. The molecule has 0 aromatic rings. The van der Waals surface area contributed by atoms with Crippen molar-refractivity contribution in [2.45, 2.75) is 47.0 Å². The highest BCUT2D eigenvalue weighted by Gasteiger charge is 2.03. The Labute approximate surface area is 109 Å². The van der Waals surface area contributed by atoms with Gasteiger partial charge in [0.25, 0.3) is 0 Å². The fourth-order valence-corrected chi connectivity index (χ4v) is 1.08. The Hall–Kier alpha value is -1.45. The summed E-state index contributed by atoms with van der Waals surface area (Å²) in [6.45, 7) is 7.48. The first kappa shape index (κ1) is 18.9. The van der Waals surface area contributed by atoms with Crippen LogP contribution in [0.5, 0.6) is 0 Å². The average molecular weight is 256 g/mol. The molecule has 18 heavy (non-hydrogen) atoms. The Balaban J connectivity index is 0. The minimum absolute atomic E-state index is 0.545. The van der Waals surface area contributed by atoms with Crippen LogP contribution in [0.15, 0.2) is 11.6 Å². The second-order valence-corrected chi connectivity index (χ2v) is 4.41. The number of ketones is 1. The molecule has 0 fully saturated rings. The van der Waals surface area contributed by atoms with Gasteiger partial charge in [0.05, 0.1) is 7.11 Å². The highest BCUT2D eigenvalue weighted by molar-refractivity contribution is 6.32. The third-order valence-electron chi connectivity index (χ3n) is 2.18. The monoisotopic (exact) mass is 256 g/mol. The van der Waals surface area contributed by atoms with Crippen LogP contribution >= 0.6 is 0 Å². The quantitative estimate of drug-likeness (QED) is 0.317. The van der Waals surface area contributed by atoms with Gasteiger partial charge < -0.3 is 9.53 Å². The molecule has 0 aliphatic rings. The Morgan fingerprint density at radius 3 is 2.06 bits per heavy atom. The highest BCUT2D eigenvalue weighted by atomic mass is 16.5. The zero-order chi connectivity index (χ0) is 14.6. The van der Waals surface area contributed by atoms with Gasteiger partial charge in [-0.25, -0.2) is 4.79 Å².